The zero-order chi connectivity index (χ0) is 7.98. The molecule has 0 aliphatic carbocycles. The Morgan fingerprint density at radius 2 is 2.30 bits per heavy atom. The lowest BCUT2D eigenvalue weighted by Gasteiger charge is -2.05. The predicted molar refractivity (Wildman–Crippen MR) is 46.1 cm³/mol. The van der Waals surface area contributed by atoms with Gasteiger partial charge in [-0.25, -0.2) is 4.79 Å². The fourth-order valence-electron chi connectivity index (χ4n) is 0.401. The fourth-order valence-corrected chi connectivity index (χ4v) is 0.684. The van der Waals surface area contributed by atoms with E-state index in [9.17, 15) is 4.79 Å². The molecule has 60 valence electrons. The van der Waals surface area contributed by atoms with Crippen molar-refractivity contribution in [2.24, 2.45) is 0 Å². The van der Waals surface area contributed by atoms with Gasteiger partial charge in [-0.3, -0.25) is 0 Å². The Bertz CT molecular complexity index is 103. The molecular weight excluding hydrogens is 247 g/mol. The predicted octanol–water partition coefficient (Wildman–Crippen LogP) is 1.35. The minimum absolute atomic E-state index is 0.0594. The van der Waals surface area contributed by atoms with E-state index in [0.717, 1.165) is 0 Å². The average molecular weight is 258 g/mol. The van der Waals surface area contributed by atoms with Crippen LogP contribution in [0.3, 0.4) is 0 Å². The quantitative estimate of drug-likeness (QED) is 0.433. The van der Waals surface area contributed by atoms with Crippen molar-refractivity contribution in [1.29, 1.82) is 0 Å². The maximum absolute atomic E-state index is 10.7. The molecule has 0 radical (unpaired) electrons. The Hall–Kier alpha value is 0.160. The zero-order valence-corrected chi connectivity index (χ0v) is 8.25. The van der Waals surface area contributed by atoms with Gasteiger partial charge in [-0.05, 0) is 36.4 Å². The molecule has 0 fully saturated rings. The molecule has 10 heavy (non-hydrogen) atoms. The van der Waals surface area contributed by atoms with E-state index in [0.29, 0.717) is 6.61 Å². The largest absolute Gasteiger partial charge is 0.450 e. The number of ether oxygens (including phenoxy) is 2. The van der Waals surface area contributed by atoms with E-state index in [4.69, 9.17) is 9.47 Å². The van der Waals surface area contributed by atoms with Gasteiger partial charge in [0.15, 0.2) is 0 Å². The molecule has 0 rings (SSSR count). The molecular formula is C6H11IO3. The summed E-state index contributed by atoms with van der Waals surface area (Å²) in [5.41, 5.74) is 0. The van der Waals surface area contributed by atoms with Crippen molar-refractivity contribution in [3.05, 3.63) is 0 Å². The fraction of sp³-hybridized carbons (Fsp3) is 0.833. The van der Waals surface area contributed by atoms with Crippen LogP contribution in [0, 0.1) is 0 Å². The summed E-state index contributed by atoms with van der Waals surface area (Å²) in [7, 11) is 0. The Labute approximate surface area is 74.2 Å². The molecule has 0 aromatic heterocycles. The van der Waals surface area contributed by atoms with Crippen LogP contribution >= 0.6 is 22.6 Å². The van der Waals surface area contributed by atoms with Crippen LogP contribution in [0.25, 0.3) is 0 Å². The molecule has 0 N–H and O–H groups in total. The highest BCUT2D eigenvalue weighted by molar-refractivity contribution is 14.1. The van der Waals surface area contributed by atoms with Crippen molar-refractivity contribution in [3.8, 4) is 0 Å². The Kier molecular flexibility index (Phi) is 6.00. The SMILES string of the molecule is CCOCC(=O)OC(C)I. The van der Waals surface area contributed by atoms with Gasteiger partial charge in [0, 0.05) is 6.61 Å². The van der Waals surface area contributed by atoms with Crippen molar-refractivity contribution in [2.45, 2.75) is 18.0 Å². The normalized spacial score (nSPS) is 12.7. The van der Waals surface area contributed by atoms with Crippen LogP contribution in [-0.2, 0) is 14.3 Å². The molecule has 0 aliphatic heterocycles. The third kappa shape index (κ3) is 6.28. The number of hydrogen-bond donors (Lipinski definition) is 0. The molecule has 1 atom stereocenters. The lowest BCUT2D eigenvalue weighted by Crippen LogP contribution is -2.15. The lowest BCUT2D eigenvalue weighted by atomic mass is 10.7. The van der Waals surface area contributed by atoms with Crippen LogP contribution < -0.4 is 0 Å². The molecule has 0 aromatic rings. The van der Waals surface area contributed by atoms with E-state index in [-0.39, 0.29) is 16.7 Å². The van der Waals surface area contributed by atoms with Gasteiger partial charge in [-0.1, -0.05) is 0 Å². The van der Waals surface area contributed by atoms with Gasteiger partial charge in [0.2, 0.25) is 0 Å². The standard InChI is InChI=1S/C6H11IO3/c1-3-9-4-6(8)10-5(2)7/h5H,3-4H2,1-2H3. The number of carbonyl (C=O) groups is 1. The Morgan fingerprint density at radius 3 is 2.70 bits per heavy atom. The molecule has 0 heterocycles. The van der Waals surface area contributed by atoms with Crippen molar-refractivity contribution >= 4 is 28.6 Å². The summed E-state index contributed by atoms with van der Waals surface area (Å²) < 4.78 is 9.52. The van der Waals surface area contributed by atoms with Gasteiger partial charge in [-0.2, -0.15) is 0 Å². The maximum Gasteiger partial charge on any atom is 0.333 e. The van der Waals surface area contributed by atoms with Gasteiger partial charge in [0.05, 0.1) is 0 Å². The summed E-state index contributed by atoms with van der Waals surface area (Å²) in [6, 6.07) is 0. The van der Waals surface area contributed by atoms with Crippen molar-refractivity contribution in [1.82, 2.24) is 0 Å². The number of carbonyl (C=O) groups excluding carboxylic acids is 1. The second-order valence-corrected chi connectivity index (χ2v) is 3.42. The first-order valence-corrected chi connectivity index (χ1v) is 4.32. The van der Waals surface area contributed by atoms with Crippen LogP contribution in [0.5, 0.6) is 0 Å². The molecule has 4 heteroatoms. The summed E-state index contributed by atoms with van der Waals surface area (Å²) in [5.74, 6) is -0.302. The monoisotopic (exact) mass is 258 g/mol. The van der Waals surface area contributed by atoms with Gasteiger partial charge in [-0.15, -0.1) is 0 Å². The van der Waals surface area contributed by atoms with E-state index in [1.807, 2.05) is 29.5 Å². The summed E-state index contributed by atoms with van der Waals surface area (Å²) >= 11 is 2.01. The van der Waals surface area contributed by atoms with E-state index in [2.05, 4.69) is 0 Å². The number of hydrogen-bond acceptors (Lipinski definition) is 3. The maximum atomic E-state index is 10.7. The van der Waals surface area contributed by atoms with Crippen molar-refractivity contribution < 1.29 is 14.3 Å². The summed E-state index contributed by atoms with van der Waals surface area (Å²) in [4.78, 5) is 10.7. The first-order chi connectivity index (χ1) is 4.66. The van der Waals surface area contributed by atoms with Gasteiger partial charge in [0.25, 0.3) is 0 Å². The average Bonchev–Trinajstić information content (AvgIpc) is 1.82. The number of alkyl halides is 1. The Morgan fingerprint density at radius 1 is 1.70 bits per heavy atom. The smallest absolute Gasteiger partial charge is 0.333 e. The van der Waals surface area contributed by atoms with E-state index < -0.39 is 0 Å². The number of halogens is 1. The Balaban J connectivity index is 3.26. The van der Waals surface area contributed by atoms with E-state index in [1.165, 1.54) is 0 Å². The first-order valence-electron chi connectivity index (χ1n) is 3.08. The van der Waals surface area contributed by atoms with E-state index in [1.54, 1.807) is 6.92 Å². The lowest BCUT2D eigenvalue weighted by molar-refractivity contribution is -0.149. The van der Waals surface area contributed by atoms with Gasteiger partial charge in [0.1, 0.15) is 10.7 Å². The molecule has 0 saturated carbocycles. The van der Waals surface area contributed by atoms with E-state index >= 15 is 0 Å². The first kappa shape index (κ1) is 10.2. The number of esters is 1. The van der Waals surface area contributed by atoms with Crippen molar-refractivity contribution in [3.63, 3.8) is 0 Å². The second kappa shape index (κ2) is 5.91. The summed E-state index contributed by atoms with van der Waals surface area (Å²) in [5, 5.41) is 0. The highest BCUT2D eigenvalue weighted by Crippen LogP contribution is 2.00. The highest BCUT2D eigenvalue weighted by atomic mass is 127. The molecule has 0 bridgehead atoms. The minimum Gasteiger partial charge on any atom is -0.450 e. The second-order valence-electron chi connectivity index (χ2n) is 1.67. The molecule has 1 unspecified atom stereocenters. The van der Waals surface area contributed by atoms with Gasteiger partial charge >= 0.3 is 5.97 Å². The van der Waals surface area contributed by atoms with Crippen LogP contribution in [0.1, 0.15) is 13.8 Å². The third-order valence-corrected chi connectivity index (χ3v) is 0.972. The highest BCUT2D eigenvalue weighted by Gasteiger charge is 2.04. The van der Waals surface area contributed by atoms with Gasteiger partial charge < -0.3 is 9.47 Å². The van der Waals surface area contributed by atoms with Crippen LogP contribution in [0.4, 0.5) is 0 Å². The zero-order valence-electron chi connectivity index (χ0n) is 6.09. The molecule has 0 spiro atoms. The minimum atomic E-state index is -0.302. The van der Waals surface area contributed by atoms with Crippen LogP contribution in [-0.4, -0.2) is 23.3 Å². The molecule has 0 aliphatic rings. The van der Waals surface area contributed by atoms with Crippen LogP contribution in [0.15, 0.2) is 0 Å². The third-order valence-electron chi connectivity index (χ3n) is 0.718. The number of rotatable bonds is 4. The van der Waals surface area contributed by atoms with Crippen LogP contribution in [0.2, 0.25) is 0 Å². The molecule has 0 aromatic carbocycles. The topological polar surface area (TPSA) is 35.5 Å². The summed E-state index contributed by atoms with van der Waals surface area (Å²) in [6.07, 6.45) is 0. The summed E-state index contributed by atoms with van der Waals surface area (Å²) in [6.45, 7) is 4.24. The molecule has 0 saturated heterocycles. The van der Waals surface area contributed by atoms with Crippen molar-refractivity contribution in [2.75, 3.05) is 13.2 Å². The molecule has 3 nitrogen and oxygen atoms in total. The molecule has 0 amide bonds.